The highest BCUT2D eigenvalue weighted by Gasteiger charge is 2.11. The van der Waals surface area contributed by atoms with Gasteiger partial charge in [-0.3, -0.25) is 0 Å². The number of benzene rings is 1. The van der Waals surface area contributed by atoms with Crippen molar-refractivity contribution >= 4 is 38.8 Å². The van der Waals surface area contributed by atoms with Crippen molar-refractivity contribution in [2.75, 3.05) is 17.2 Å². The van der Waals surface area contributed by atoms with Gasteiger partial charge in [-0.25, -0.2) is 18.1 Å². The second-order valence-electron chi connectivity index (χ2n) is 4.42. The van der Waals surface area contributed by atoms with Crippen LogP contribution in [0.25, 0.3) is 0 Å². The fourth-order valence-electron chi connectivity index (χ4n) is 1.58. The van der Waals surface area contributed by atoms with Crippen molar-refractivity contribution in [3.63, 3.8) is 0 Å². The number of nitrogens with one attached hydrogen (secondary N) is 1. The van der Waals surface area contributed by atoms with Gasteiger partial charge in [0.2, 0.25) is 10.0 Å². The summed E-state index contributed by atoms with van der Waals surface area (Å²) in [6.07, 6.45) is 0. The second kappa shape index (κ2) is 7.26. The van der Waals surface area contributed by atoms with E-state index in [0.29, 0.717) is 18.0 Å². The van der Waals surface area contributed by atoms with E-state index < -0.39 is 10.0 Å². The SMILES string of the molecule is Cc1ncsc1CNS(=O)(=O)CCSc1ccc(N)cc1. The number of anilines is 1. The van der Waals surface area contributed by atoms with E-state index in [1.54, 1.807) is 5.51 Å². The maximum atomic E-state index is 11.9. The first kappa shape index (κ1) is 16.3. The van der Waals surface area contributed by atoms with Gasteiger partial charge in [-0.1, -0.05) is 0 Å². The predicted molar refractivity (Wildman–Crippen MR) is 89.1 cm³/mol. The molecule has 0 saturated heterocycles. The lowest BCUT2D eigenvalue weighted by Crippen LogP contribution is -2.26. The molecule has 0 amide bonds. The largest absolute Gasteiger partial charge is 0.399 e. The van der Waals surface area contributed by atoms with Crippen LogP contribution in [-0.2, 0) is 16.6 Å². The molecule has 0 bridgehead atoms. The summed E-state index contributed by atoms with van der Waals surface area (Å²) in [5.41, 5.74) is 8.90. The molecule has 114 valence electrons. The van der Waals surface area contributed by atoms with Crippen LogP contribution in [0.3, 0.4) is 0 Å². The molecule has 1 aromatic heterocycles. The molecule has 1 heterocycles. The summed E-state index contributed by atoms with van der Waals surface area (Å²) in [5.74, 6) is 0.584. The summed E-state index contributed by atoms with van der Waals surface area (Å²) in [4.78, 5) is 6.06. The van der Waals surface area contributed by atoms with Crippen molar-refractivity contribution in [1.82, 2.24) is 9.71 Å². The number of nitrogen functional groups attached to an aromatic ring is 1. The van der Waals surface area contributed by atoms with E-state index in [4.69, 9.17) is 5.73 Å². The van der Waals surface area contributed by atoms with Gasteiger partial charge in [0.05, 0.1) is 17.0 Å². The van der Waals surface area contributed by atoms with E-state index >= 15 is 0 Å². The first-order valence-corrected chi connectivity index (χ1v) is 9.83. The lowest BCUT2D eigenvalue weighted by Gasteiger charge is -2.06. The predicted octanol–water partition coefficient (Wildman–Crippen LogP) is 2.25. The molecule has 0 radical (unpaired) electrons. The molecular formula is C13H17N3O2S3. The fraction of sp³-hybridized carbons (Fsp3) is 0.308. The van der Waals surface area contributed by atoms with Crippen LogP contribution in [-0.4, -0.2) is 24.9 Å². The number of sulfonamides is 1. The van der Waals surface area contributed by atoms with Gasteiger partial charge < -0.3 is 5.73 Å². The van der Waals surface area contributed by atoms with Crippen LogP contribution in [0.15, 0.2) is 34.7 Å². The summed E-state index contributed by atoms with van der Waals surface area (Å²) in [5, 5.41) is 0. The molecule has 0 atom stereocenters. The van der Waals surface area contributed by atoms with Gasteiger partial charge >= 0.3 is 0 Å². The van der Waals surface area contributed by atoms with Crippen LogP contribution in [0.4, 0.5) is 5.69 Å². The molecule has 5 nitrogen and oxygen atoms in total. The Labute approximate surface area is 133 Å². The zero-order valence-corrected chi connectivity index (χ0v) is 14.0. The first-order chi connectivity index (χ1) is 9.96. The minimum Gasteiger partial charge on any atom is -0.399 e. The van der Waals surface area contributed by atoms with E-state index in [1.165, 1.54) is 23.1 Å². The minimum absolute atomic E-state index is 0.0832. The Hall–Kier alpha value is -1.09. The maximum absolute atomic E-state index is 11.9. The molecule has 0 fully saturated rings. The Morgan fingerprint density at radius 2 is 2.05 bits per heavy atom. The summed E-state index contributed by atoms with van der Waals surface area (Å²) >= 11 is 2.96. The van der Waals surface area contributed by atoms with Crippen LogP contribution in [0.2, 0.25) is 0 Å². The van der Waals surface area contributed by atoms with E-state index in [0.717, 1.165) is 15.5 Å². The molecule has 0 spiro atoms. The van der Waals surface area contributed by atoms with Crippen molar-refractivity contribution in [3.05, 3.63) is 40.3 Å². The molecule has 0 unspecified atom stereocenters. The highest BCUT2D eigenvalue weighted by molar-refractivity contribution is 8.00. The molecule has 0 aliphatic rings. The lowest BCUT2D eigenvalue weighted by atomic mass is 10.3. The Morgan fingerprint density at radius 3 is 2.67 bits per heavy atom. The molecule has 0 aliphatic heterocycles. The van der Waals surface area contributed by atoms with E-state index in [2.05, 4.69) is 9.71 Å². The van der Waals surface area contributed by atoms with Crippen LogP contribution >= 0.6 is 23.1 Å². The first-order valence-electron chi connectivity index (χ1n) is 6.31. The van der Waals surface area contributed by atoms with Crippen molar-refractivity contribution in [3.8, 4) is 0 Å². The zero-order chi connectivity index (χ0) is 15.3. The Bertz CT molecular complexity index is 681. The monoisotopic (exact) mass is 343 g/mol. The van der Waals surface area contributed by atoms with Crippen LogP contribution in [0, 0.1) is 6.92 Å². The maximum Gasteiger partial charge on any atom is 0.212 e. The van der Waals surface area contributed by atoms with Gasteiger partial charge in [0.25, 0.3) is 0 Å². The molecule has 2 aromatic rings. The lowest BCUT2D eigenvalue weighted by molar-refractivity contribution is 0.583. The van der Waals surface area contributed by atoms with Crippen LogP contribution < -0.4 is 10.5 Å². The smallest absolute Gasteiger partial charge is 0.212 e. The summed E-state index contributed by atoms with van der Waals surface area (Å²) in [7, 11) is -3.27. The third-order valence-electron chi connectivity index (χ3n) is 2.80. The summed E-state index contributed by atoms with van der Waals surface area (Å²) in [6, 6.07) is 7.39. The Kier molecular flexibility index (Phi) is 5.63. The molecule has 1 aromatic carbocycles. The summed E-state index contributed by atoms with van der Waals surface area (Å²) in [6.45, 7) is 2.18. The Morgan fingerprint density at radius 1 is 1.33 bits per heavy atom. The van der Waals surface area contributed by atoms with Gasteiger partial charge in [0, 0.05) is 27.8 Å². The highest BCUT2D eigenvalue weighted by Crippen LogP contribution is 2.19. The quantitative estimate of drug-likeness (QED) is 0.595. The highest BCUT2D eigenvalue weighted by atomic mass is 32.2. The van der Waals surface area contributed by atoms with Crippen molar-refractivity contribution in [1.29, 1.82) is 0 Å². The minimum atomic E-state index is -3.27. The second-order valence-corrected chi connectivity index (χ2v) is 8.45. The number of aryl methyl sites for hydroxylation is 1. The molecule has 0 aliphatic carbocycles. The van der Waals surface area contributed by atoms with Gasteiger partial charge in [-0.2, -0.15) is 0 Å². The molecule has 2 rings (SSSR count). The fourth-order valence-corrected chi connectivity index (χ4v) is 4.67. The number of hydrogen-bond donors (Lipinski definition) is 2. The number of nitrogens with two attached hydrogens (primary N) is 1. The van der Waals surface area contributed by atoms with Gasteiger partial charge in [0.1, 0.15) is 0 Å². The number of aromatic nitrogens is 1. The summed E-state index contributed by atoms with van der Waals surface area (Å²) < 4.78 is 26.4. The van der Waals surface area contributed by atoms with Gasteiger partial charge in [-0.15, -0.1) is 23.1 Å². The number of thiazole rings is 1. The Balaban J connectivity index is 1.78. The van der Waals surface area contributed by atoms with Crippen molar-refractivity contribution in [2.24, 2.45) is 0 Å². The van der Waals surface area contributed by atoms with E-state index in [-0.39, 0.29) is 5.75 Å². The van der Waals surface area contributed by atoms with Gasteiger partial charge in [-0.05, 0) is 31.2 Å². The zero-order valence-electron chi connectivity index (χ0n) is 11.6. The average molecular weight is 343 g/mol. The average Bonchev–Trinajstić information content (AvgIpc) is 2.84. The molecule has 21 heavy (non-hydrogen) atoms. The van der Waals surface area contributed by atoms with Crippen molar-refractivity contribution < 1.29 is 8.42 Å². The van der Waals surface area contributed by atoms with Crippen LogP contribution in [0.5, 0.6) is 0 Å². The standard InChI is InChI=1S/C13H17N3O2S3/c1-10-13(20-9-15-10)8-16-21(17,18)7-6-19-12-4-2-11(14)3-5-12/h2-5,9,16H,6-8,14H2,1H3. The van der Waals surface area contributed by atoms with Crippen molar-refractivity contribution in [2.45, 2.75) is 18.4 Å². The normalized spacial score (nSPS) is 11.7. The third-order valence-corrected chi connectivity index (χ3v) is 6.33. The van der Waals surface area contributed by atoms with Gasteiger partial charge in [0.15, 0.2) is 0 Å². The number of hydrogen-bond acceptors (Lipinski definition) is 6. The van der Waals surface area contributed by atoms with E-state index in [1.807, 2.05) is 31.2 Å². The van der Waals surface area contributed by atoms with E-state index in [9.17, 15) is 8.42 Å². The number of rotatable bonds is 7. The topological polar surface area (TPSA) is 85.1 Å². The molecule has 0 saturated carbocycles. The molecule has 8 heteroatoms. The molecule has 3 N–H and O–H groups in total. The van der Waals surface area contributed by atoms with Crippen LogP contribution in [0.1, 0.15) is 10.6 Å². The number of thioether (sulfide) groups is 1. The number of nitrogens with zero attached hydrogens (tertiary/aromatic N) is 1. The third kappa shape index (κ3) is 5.31. The molecular weight excluding hydrogens is 326 g/mol.